The highest BCUT2D eigenvalue weighted by Crippen LogP contribution is 2.04. The van der Waals surface area contributed by atoms with Gasteiger partial charge in [-0.15, -0.1) is 0 Å². The molecule has 0 aliphatic carbocycles. The minimum atomic E-state index is -0.126. The van der Waals surface area contributed by atoms with E-state index in [0.29, 0.717) is 19.4 Å². The zero-order valence-electron chi connectivity index (χ0n) is 10.1. The lowest BCUT2D eigenvalue weighted by atomic mass is 10.2. The average Bonchev–Trinajstić information content (AvgIpc) is 2.07. The summed E-state index contributed by atoms with van der Waals surface area (Å²) in [4.78, 5) is 10.6. The largest absolute Gasteiger partial charge is 0.363 e. The topological polar surface area (TPSA) is 26.3 Å². The summed E-state index contributed by atoms with van der Waals surface area (Å²) in [6, 6.07) is 0. The van der Waals surface area contributed by atoms with E-state index in [-0.39, 0.29) is 11.4 Å². The van der Waals surface area contributed by atoms with Gasteiger partial charge in [0.15, 0.2) is 0 Å². The second-order valence-electron chi connectivity index (χ2n) is 4.34. The van der Waals surface area contributed by atoms with Crippen molar-refractivity contribution in [3.8, 4) is 11.8 Å². The summed E-state index contributed by atoms with van der Waals surface area (Å²) in [6.45, 7) is 8.04. The molecule has 0 aliphatic heterocycles. The van der Waals surface area contributed by atoms with Crippen LogP contribution in [0, 0.1) is 11.8 Å². The molecule has 0 rings (SSSR count). The SMILES string of the molecule is CC(=O)C/C=C\CC#CCOC(C)(C)C. The van der Waals surface area contributed by atoms with Crippen LogP contribution < -0.4 is 0 Å². The summed E-state index contributed by atoms with van der Waals surface area (Å²) in [5.74, 6) is 6.06. The van der Waals surface area contributed by atoms with Crippen molar-refractivity contribution in [2.45, 2.75) is 46.1 Å². The van der Waals surface area contributed by atoms with Crippen LogP contribution in [-0.4, -0.2) is 18.0 Å². The molecule has 0 aromatic rings. The molecule has 0 atom stereocenters. The second kappa shape index (κ2) is 7.25. The Morgan fingerprint density at radius 1 is 1.27 bits per heavy atom. The first-order valence-corrected chi connectivity index (χ1v) is 5.16. The number of ether oxygens (including phenoxy) is 1. The van der Waals surface area contributed by atoms with Crippen LogP contribution in [0.4, 0.5) is 0 Å². The molecule has 0 saturated carbocycles. The quantitative estimate of drug-likeness (QED) is 0.524. The maximum absolute atomic E-state index is 10.6. The zero-order chi connectivity index (χ0) is 11.7. The van der Waals surface area contributed by atoms with Crippen molar-refractivity contribution in [2.24, 2.45) is 0 Å². The first kappa shape index (κ1) is 13.9. The lowest BCUT2D eigenvalue weighted by Gasteiger charge is -2.16. The molecule has 0 unspecified atom stereocenters. The number of hydrogen-bond donors (Lipinski definition) is 0. The Bertz CT molecular complexity index is 271. The molecule has 0 amide bonds. The van der Waals surface area contributed by atoms with E-state index >= 15 is 0 Å². The fraction of sp³-hybridized carbons (Fsp3) is 0.615. The summed E-state index contributed by atoms with van der Waals surface area (Å²) in [6.07, 6.45) is 4.94. The van der Waals surface area contributed by atoms with Crippen LogP contribution in [-0.2, 0) is 9.53 Å². The van der Waals surface area contributed by atoms with E-state index < -0.39 is 0 Å². The second-order valence-corrected chi connectivity index (χ2v) is 4.34. The molecule has 84 valence electrons. The van der Waals surface area contributed by atoms with E-state index in [1.807, 2.05) is 32.9 Å². The highest BCUT2D eigenvalue weighted by Gasteiger charge is 2.07. The van der Waals surface area contributed by atoms with E-state index in [2.05, 4.69) is 11.8 Å². The molecule has 2 heteroatoms. The standard InChI is InChI=1S/C13H20O2/c1-12(14)10-8-6-5-7-9-11-15-13(2,3)4/h6,8H,5,10-11H2,1-4H3/b8-6-. The minimum Gasteiger partial charge on any atom is -0.363 e. The monoisotopic (exact) mass is 208 g/mol. The highest BCUT2D eigenvalue weighted by atomic mass is 16.5. The van der Waals surface area contributed by atoms with Gasteiger partial charge in [0.25, 0.3) is 0 Å². The normalized spacial score (nSPS) is 11.2. The first-order valence-electron chi connectivity index (χ1n) is 5.16. The minimum absolute atomic E-state index is 0.126. The number of carbonyl (C=O) groups is 1. The Hall–Kier alpha value is -1.07. The molecule has 2 nitrogen and oxygen atoms in total. The zero-order valence-corrected chi connectivity index (χ0v) is 10.1. The molecular formula is C13H20O2. The first-order chi connectivity index (χ1) is 6.92. The van der Waals surface area contributed by atoms with Crippen LogP contribution >= 0.6 is 0 Å². The Labute approximate surface area is 92.7 Å². The van der Waals surface area contributed by atoms with Gasteiger partial charge in [-0.05, 0) is 27.7 Å². The van der Waals surface area contributed by atoms with Crippen molar-refractivity contribution in [2.75, 3.05) is 6.61 Å². The number of allylic oxidation sites excluding steroid dienone is 2. The summed E-state index contributed by atoms with van der Waals surface area (Å²) in [5.41, 5.74) is -0.126. The van der Waals surface area contributed by atoms with E-state index in [9.17, 15) is 4.79 Å². The van der Waals surface area contributed by atoms with Gasteiger partial charge in [-0.25, -0.2) is 0 Å². The van der Waals surface area contributed by atoms with Gasteiger partial charge in [0.1, 0.15) is 12.4 Å². The molecule has 0 aliphatic rings. The molecule has 0 aromatic carbocycles. The predicted molar refractivity (Wildman–Crippen MR) is 62.5 cm³/mol. The van der Waals surface area contributed by atoms with Crippen molar-refractivity contribution in [1.82, 2.24) is 0 Å². The molecule has 0 fully saturated rings. The van der Waals surface area contributed by atoms with E-state index in [4.69, 9.17) is 4.74 Å². The maximum Gasteiger partial charge on any atom is 0.133 e. The molecule has 0 bridgehead atoms. The van der Waals surface area contributed by atoms with Gasteiger partial charge in [-0.1, -0.05) is 24.0 Å². The number of hydrogen-bond acceptors (Lipinski definition) is 2. The van der Waals surface area contributed by atoms with E-state index in [0.717, 1.165) is 0 Å². The Balaban J connectivity index is 3.55. The van der Waals surface area contributed by atoms with Gasteiger partial charge < -0.3 is 4.74 Å². The van der Waals surface area contributed by atoms with Gasteiger partial charge in [-0.3, -0.25) is 4.79 Å². The number of rotatable bonds is 4. The number of carbonyl (C=O) groups excluding carboxylic acids is 1. The van der Waals surface area contributed by atoms with Crippen molar-refractivity contribution >= 4 is 5.78 Å². The molecule has 15 heavy (non-hydrogen) atoms. The van der Waals surface area contributed by atoms with Gasteiger partial charge in [0, 0.05) is 12.8 Å². The smallest absolute Gasteiger partial charge is 0.133 e. The van der Waals surface area contributed by atoms with Crippen LogP contribution in [0.1, 0.15) is 40.5 Å². The fourth-order valence-electron chi connectivity index (χ4n) is 0.767. The average molecular weight is 208 g/mol. The maximum atomic E-state index is 10.6. The number of ketones is 1. The van der Waals surface area contributed by atoms with Crippen LogP contribution in [0.2, 0.25) is 0 Å². The van der Waals surface area contributed by atoms with Gasteiger partial charge in [-0.2, -0.15) is 0 Å². The van der Waals surface area contributed by atoms with Crippen LogP contribution in [0.5, 0.6) is 0 Å². The molecule has 0 heterocycles. The van der Waals surface area contributed by atoms with Gasteiger partial charge in [0.05, 0.1) is 5.60 Å². The third-order valence-electron chi connectivity index (χ3n) is 1.49. The summed E-state index contributed by atoms with van der Waals surface area (Å²) in [5, 5.41) is 0. The molecular weight excluding hydrogens is 188 g/mol. The molecule has 0 saturated heterocycles. The van der Waals surface area contributed by atoms with Crippen molar-refractivity contribution in [1.29, 1.82) is 0 Å². The molecule has 0 spiro atoms. The van der Waals surface area contributed by atoms with Crippen molar-refractivity contribution in [3.05, 3.63) is 12.2 Å². The van der Waals surface area contributed by atoms with Crippen LogP contribution in [0.15, 0.2) is 12.2 Å². The Kier molecular flexibility index (Phi) is 6.73. The summed E-state index contributed by atoms with van der Waals surface area (Å²) in [7, 11) is 0. The van der Waals surface area contributed by atoms with Crippen LogP contribution in [0.3, 0.4) is 0 Å². The summed E-state index contributed by atoms with van der Waals surface area (Å²) >= 11 is 0. The van der Waals surface area contributed by atoms with Crippen molar-refractivity contribution < 1.29 is 9.53 Å². The van der Waals surface area contributed by atoms with Crippen molar-refractivity contribution in [3.63, 3.8) is 0 Å². The van der Waals surface area contributed by atoms with E-state index in [1.54, 1.807) is 6.92 Å². The lowest BCUT2D eigenvalue weighted by molar-refractivity contribution is -0.116. The summed E-state index contributed by atoms with van der Waals surface area (Å²) < 4.78 is 5.42. The third kappa shape index (κ3) is 12.9. The Morgan fingerprint density at radius 3 is 2.47 bits per heavy atom. The highest BCUT2D eigenvalue weighted by molar-refractivity contribution is 5.76. The number of Topliss-reactive ketones (excluding diaryl/α,β-unsaturated/α-hetero) is 1. The predicted octanol–water partition coefficient (Wildman–Crippen LogP) is 2.73. The molecule has 0 N–H and O–H groups in total. The van der Waals surface area contributed by atoms with Gasteiger partial charge >= 0.3 is 0 Å². The van der Waals surface area contributed by atoms with Gasteiger partial charge in [0.2, 0.25) is 0 Å². The third-order valence-corrected chi connectivity index (χ3v) is 1.49. The molecule has 0 aromatic heterocycles. The molecule has 0 radical (unpaired) electrons. The Morgan fingerprint density at radius 2 is 1.93 bits per heavy atom. The van der Waals surface area contributed by atoms with E-state index in [1.165, 1.54) is 0 Å². The fourth-order valence-corrected chi connectivity index (χ4v) is 0.767. The van der Waals surface area contributed by atoms with Crippen LogP contribution in [0.25, 0.3) is 0 Å². The lowest BCUT2D eigenvalue weighted by Crippen LogP contribution is -2.18.